The minimum absolute atomic E-state index is 0.107. The van der Waals surface area contributed by atoms with Crippen LogP contribution in [0.15, 0.2) is 12.3 Å². The van der Waals surface area contributed by atoms with Gasteiger partial charge in [0.25, 0.3) is 0 Å². The summed E-state index contributed by atoms with van der Waals surface area (Å²) in [5, 5.41) is 3.45. The topological polar surface area (TPSA) is 53.4 Å². The van der Waals surface area contributed by atoms with Gasteiger partial charge in [-0.05, 0) is 13.0 Å². The van der Waals surface area contributed by atoms with E-state index in [1.807, 2.05) is 0 Å². The summed E-state index contributed by atoms with van der Waals surface area (Å²) in [7, 11) is 0. The van der Waals surface area contributed by atoms with Crippen LogP contribution in [-0.2, 0) is 4.74 Å². The molecule has 0 aromatic carbocycles. The third kappa shape index (κ3) is 3.79. The first-order valence-corrected chi connectivity index (χ1v) is 4.35. The Morgan fingerprint density at radius 3 is 2.81 bits per heavy atom. The summed E-state index contributed by atoms with van der Waals surface area (Å²) >= 11 is 0. The van der Waals surface area contributed by atoms with Crippen LogP contribution in [0.2, 0.25) is 0 Å². The molecule has 0 saturated heterocycles. The zero-order chi connectivity index (χ0) is 12.2. The van der Waals surface area contributed by atoms with Crippen molar-refractivity contribution in [3.05, 3.63) is 18.0 Å². The fourth-order valence-electron chi connectivity index (χ4n) is 0.832. The van der Waals surface area contributed by atoms with Gasteiger partial charge in [0.1, 0.15) is 0 Å². The lowest BCUT2D eigenvalue weighted by Gasteiger charge is -2.07. The summed E-state index contributed by atoms with van der Waals surface area (Å²) in [4.78, 5) is 15.9. The highest BCUT2D eigenvalue weighted by Gasteiger charge is 2.29. The van der Waals surface area contributed by atoms with E-state index < -0.39 is 18.8 Å². The summed E-state index contributed by atoms with van der Waals surface area (Å²) in [5.74, 6) is -0.711. The minimum Gasteiger partial charge on any atom is -0.461 e. The van der Waals surface area contributed by atoms with Crippen molar-refractivity contribution in [2.45, 2.75) is 13.1 Å². The van der Waals surface area contributed by atoms with Gasteiger partial charge in [0.05, 0.1) is 12.8 Å². The van der Waals surface area contributed by atoms with Crippen molar-refractivity contribution in [1.82, 2.24) is 9.94 Å². The molecule has 0 fully saturated rings. The molecule has 8 heteroatoms. The zero-order valence-electron chi connectivity index (χ0n) is 8.32. The molecule has 1 rings (SSSR count). The monoisotopic (exact) mass is 238 g/mol. The van der Waals surface area contributed by atoms with Crippen LogP contribution < -0.4 is 4.84 Å². The van der Waals surface area contributed by atoms with Gasteiger partial charge in [-0.25, -0.2) is 4.79 Å². The molecule has 0 saturated carbocycles. The molecular formula is C8H9F3N2O3. The number of halogens is 3. The van der Waals surface area contributed by atoms with Gasteiger partial charge >= 0.3 is 12.1 Å². The first-order valence-electron chi connectivity index (χ1n) is 4.35. The van der Waals surface area contributed by atoms with E-state index >= 15 is 0 Å². The normalized spacial score (nSPS) is 11.2. The van der Waals surface area contributed by atoms with Gasteiger partial charge in [0, 0.05) is 0 Å². The molecule has 0 aliphatic rings. The van der Waals surface area contributed by atoms with Crippen LogP contribution in [0, 0.1) is 0 Å². The van der Waals surface area contributed by atoms with Crippen molar-refractivity contribution in [2.75, 3.05) is 13.2 Å². The van der Waals surface area contributed by atoms with Gasteiger partial charge in [-0.15, -0.1) is 9.94 Å². The first-order chi connectivity index (χ1) is 7.42. The summed E-state index contributed by atoms with van der Waals surface area (Å²) in [6.45, 7) is 0.293. The smallest absolute Gasteiger partial charge is 0.425 e. The molecule has 90 valence electrons. The maximum atomic E-state index is 11.8. The van der Waals surface area contributed by atoms with E-state index in [2.05, 4.69) is 14.7 Å². The molecule has 0 atom stereocenters. The molecule has 0 amide bonds. The lowest BCUT2D eigenvalue weighted by atomic mass is 10.4. The van der Waals surface area contributed by atoms with E-state index in [1.54, 1.807) is 6.92 Å². The number of carbonyl (C=O) groups is 1. The van der Waals surface area contributed by atoms with Crippen molar-refractivity contribution in [3.63, 3.8) is 0 Å². The number of carbonyl (C=O) groups excluding carboxylic acids is 1. The Balaban J connectivity index is 2.55. The van der Waals surface area contributed by atoms with Gasteiger partial charge in [0.15, 0.2) is 5.69 Å². The van der Waals surface area contributed by atoms with Crippen LogP contribution in [0.25, 0.3) is 0 Å². The zero-order valence-corrected chi connectivity index (χ0v) is 8.32. The first kappa shape index (κ1) is 12.3. The van der Waals surface area contributed by atoms with E-state index in [1.165, 1.54) is 6.07 Å². The molecular weight excluding hydrogens is 229 g/mol. The Bertz CT molecular complexity index is 362. The second-order valence-electron chi connectivity index (χ2n) is 2.71. The van der Waals surface area contributed by atoms with Crippen LogP contribution in [0.4, 0.5) is 13.2 Å². The lowest BCUT2D eigenvalue weighted by Crippen LogP contribution is -2.26. The van der Waals surface area contributed by atoms with Crippen molar-refractivity contribution in [2.24, 2.45) is 0 Å². The van der Waals surface area contributed by atoms with Crippen molar-refractivity contribution in [1.29, 1.82) is 0 Å². The van der Waals surface area contributed by atoms with Gasteiger partial charge in [-0.2, -0.15) is 13.2 Å². The molecule has 1 heterocycles. The number of hydrogen-bond donors (Lipinski definition) is 0. The Labute approximate surface area is 88.7 Å². The average molecular weight is 238 g/mol. The summed E-state index contributed by atoms with van der Waals surface area (Å²) in [6, 6.07) is 1.20. The third-order valence-corrected chi connectivity index (χ3v) is 1.41. The maximum absolute atomic E-state index is 11.8. The second-order valence-corrected chi connectivity index (χ2v) is 2.71. The minimum atomic E-state index is -4.45. The summed E-state index contributed by atoms with van der Waals surface area (Å²) < 4.78 is 39.9. The Hall–Kier alpha value is -1.73. The van der Waals surface area contributed by atoms with Gasteiger partial charge < -0.3 is 9.57 Å². The standard InChI is InChI=1S/C8H9F3N2O3/c1-2-15-7(14)6-3-4-13(12-6)16-5-8(9,10)11/h3-4H,2,5H2,1H3. The van der Waals surface area contributed by atoms with Crippen molar-refractivity contribution >= 4 is 5.97 Å². The highest BCUT2D eigenvalue weighted by molar-refractivity contribution is 5.86. The molecule has 0 aliphatic heterocycles. The molecule has 0 unspecified atom stereocenters. The summed E-state index contributed by atoms with van der Waals surface area (Å²) in [6.07, 6.45) is -3.35. The Kier molecular flexibility index (Phi) is 3.75. The lowest BCUT2D eigenvalue weighted by molar-refractivity contribution is -0.178. The van der Waals surface area contributed by atoms with Crippen LogP contribution in [0.1, 0.15) is 17.4 Å². The molecule has 0 N–H and O–H groups in total. The second kappa shape index (κ2) is 4.86. The molecule has 0 bridgehead atoms. The van der Waals surface area contributed by atoms with E-state index in [0.717, 1.165) is 6.20 Å². The number of nitrogens with zero attached hydrogens (tertiary/aromatic N) is 2. The number of hydrogen-bond acceptors (Lipinski definition) is 4. The predicted octanol–water partition coefficient (Wildman–Crippen LogP) is 1.05. The van der Waals surface area contributed by atoms with E-state index in [9.17, 15) is 18.0 Å². The van der Waals surface area contributed by atoms with Crippen LogP contribution in [0.5, 0.6) is 0 Å². The van der Waals surface area contributed by atoms with Gasteiger partial charge in [-0.3, -0.25) is 0 Å². The van der Waals surface area contributed by atoms with Gasteiger partial charge in [0.2, 0.25) is 6.61 Å². The fourth-order valence-corrected chi connectivity index (χ4v) is 0.832. The summed E-state index contributed by atoms with van der Waals surface area (Å²) in [5.41, 5.74) is -0.107. The number of rotatable bonds is 4. The molecule has 1 aromatic rings. The third-order valence-electron chi connectivity index (χ3n) is 1.41. The number of esters is 1. The highest BCUT2D eigenvalue weighted by Crippen LogP contribution is 2.13. The largest absolute Gasteiger partial charge is 0.461 e. The SMILES string of the molecule is CCOC(=O)c1ccn(OCC(F)(F)F)n1. The average Bonchev–Trinajstić information content (AvgIpc) is 2.62. The fraction of sp³-hybridized carbons (Fsp3) is 0.500. The molecule has 1 aromatic heterocycles. The number of alkyl halides is 3. The van der Waals surface area contributed by atoms with Crippen molar-refractivity contribution < 1.29 is 27.5 Å². The molecule has 5 nitrogen and oxygen atoms in total. The highest BCUT2D eigenvalue weighted by atomic mass is 19.4. The Morgan fingerprint density at radius 2 is 2.25 bits per heavy atom. The molecule has 0 spiro atoms. The van der Waals surface area contributed by atoms with E-state index in [4.69, 9.17) is 0 Å². The van der Waals surface area contributed by atoms with Crippen LogP contribution >= 0.6 is 0 Å². The molecule has 0 aliphatic carbocycles. The quantitative estimate of drug-likeness (QED) is 0.736. The van der Waals surface area contributed by atoms with Gasteiger partial charge in [-0.1, -0.05) is 0 Å². The predicted molar refractivity (Wildman–Crippen MR) is 45.7 cm³/mol. The van der Waals surface area contributed by atoms with Crippen LogP contribution in [0.3, 0.4) is 0 Å². The number of ether oxygens (including phenoxy) is 1. The van der Waals surface area contributed by atoms with Crippen molar-refractivity contribution in [3.8, 4) is 0 Å². The number of aromatic nitrogens is 2. The Morgan fingerprint density at radius 1 is 1.56 bits per heavy atom. The van der Waals surface area contributed by atoms with E-state index in [0.29, 0.717) is 4.85 Å². The maximum Gasteiger partial charge on any atom is 0.425 e. The molecule has 0 radical (unpaired) electrons. The van der Waals surface area contributed by atoms with E-state index in [-0.39, 0.29) is 12.3 Å². The molecule has 16 heavy (non-hydrogen) atoms. The van der Waals surface area contributed by atoms with Crippen LogP contribution in [-0.4, -0.2) is 35.3 Å².